The molecule has 0 N–H and O–H groups in total. The van der Waals surface area contributed by atoms with Crippen molar-refractivity contribution < 1.29 is 4.74 Å². The van der Waals surface area contributed by atoms with Crippen LogP contribution in [0.2, 0.25) is 0 Å². The third-order valence-corrected chi connectivity index (χ3v) is 4.42. The summed E-state index contributed by atoms with van der Waals surface area (Å²) in [6, 6.07) is 0. The molecular weight excluding hydrogens is 232 g/mol. The monoisotopic (exact) mass is 262 g/mol. The molecule has 0 bridgehead atoms. The van der Waals surface area contributed by atoms with Crippen molar-refractivity contribution in [3.05, 3.63) is 36.0 Å². The second-order valence-corrected chi connectivity index (χ2v) is 5.61. The highest BCUT2D eigenvalue weighted by Crippen LogP contribution is 2.53. The van der Waals surface area contributed by atoms with Crippen molar-refractivity contribution in [3.8, 4) is 0 Å². The van der Waals surface area contributed by atoms with Crippen LogP contribution in [0.4, 0.5) is 0 Å². The maximum atomic E-state index is 5.46. The molecule has 1 nitrogen and oxygen atoms in total. The van der Waals surface area contributed by atoms with E-state index in [1.807, 2.05) is 21.0 Å². The molecule has 1 spiro atoms. The van der Waals surface area contributed by atoms with Crippen LogP contribution in [0, 0.1) is 5.41 Å². The number of allylic oxidation sites excluding steroid dienone is 5. The van der Waals surface area contributed by atoms with Crippen molar-refractivity contribution in [1.82, 2.24) is 0 Å². The van der Waals surface area contributed by atoms with E-state index in [9.17, 15) is 0 Å². The fourth-order valence-corrected chi connectivity index (χ4v) is 3.34. The molecule has 0 aromatic heterocycles. The van der Waals surface area contributed by atoms with E-state index >= 15 is 0 Å². The van der Waals surface area contributed by atoms with Gasteiger partial charge in [0.05, 0.1) is 6.10 Å². The quantitative estimate of drug-likeness (QED) is 0.644. The van der Waals surface area contributed by atoms with Crippen molar-refractivity contribution in [2.24, 2.45) is 5.41 Å². The summed E-state index contributed by atoms with van der Waals surface area (Å²) in [6.07, 6.45) is 14.5. The fraction of sp³-hybridized carbons (Fsp3) is 0.667. The maximum absolute atomic E-state index is 5.46. The molecular formula is C18H30O. The van der Waals surface area contributed by atoms with Crippen molar-refractivity contribution in [2.45, 2.75) is 65.4 Å². The van der Waals surface area contributed by atoms with Crippen molar-refractivity contribution in [2.75, 3.05) is 7.11 Å². The normalized spacial score (nSPS) is 32.9. The minimum absolute atomic E-state index is 0.498. The summed E-state index contributed by atoms with van der Waals surface area (Å²) in [5, 5.41) is 0. The Balaban J connectivity index is 0.000000861. The molecule has 2 saturated carbocycles. The number of rotatable bonds is 2. The summed E-state index contributed by atoms with van der Waals surface area (Å²) in [6.45, 7) is 10.3. The first-order chi connectivity index (χ1) is 9.19. The van der Waals surface area contributed by atoms with Gasteiger partial charge >= 0.3 is 0 Å². The van der Waals surface area contributed by atoms with E-state index in [0.29, 0.717) is 11.5 Å². The lowest BCUT2D eigenvalue weighted by atomic mass is 9.72. The smallest absolute Gasteiger partial charge is 0.0571 e. The van der Waals surface area contributed by atoms with Crippen molar-refractivity contribution in [1.29, 1.82) is 0 Å². The molecule has 0 aromatic rings. The third kappa shape index (κ3) is 4.07. The van der Waals surface area contributed by atoms with Gasteiger partial charge in [-0.15, -0.1) is 0 Å². The lowest BCUT2D eigenvalue weighted by molar-refractivity contribution is 0.0309. The number of ether oxygens (including phenoxy) is 1. The lowest BCUT2D eigenvalue weighted by Gasteiger charge is -2.36. The van der Waals surface area contributed by atoms with Gasteiger partial charge in [-0.25, -0.2) is 0 Å². The summed E-state index contributed by atoms with van der Waals surface area (Å²) in [7, 11) is 1.84. The highest BCUT2D eigenvalue weighted by molar-refractivity contribution is 5.38. The van der Waals surface area contributed by atoms with Crippen LogP contribution in [0.5, 0.6) is 0 Å². The Morgan fingerprint density at radius 1 is 1.21 bits per heavy atom. The first-order valence-electron chi connectivity index (χ1n) is 7.72. The highest BCUT2D eigenvalue weighted by Gasteiger charge is 2.40. The largest absolute Gasteiger partial charge is 0.381 e. The summed E-state index contributed by atoms with van der Waals surface area (Å²) >= 11 is 0. The molecule has 2 fully saturated rings. The number of methoxy groups -OCH3 is 1. The van der Waals surface area contributed by atoms with Gasteiger partial charge in [-0.2, -0.15) is 0 Å². The molecule has 0 amide bonds. The summed E-state index contributed by atoms with van der Waals surface area (Å²) < 4.78 is 5.46. The summed E-state index contributed by atoms with van der Waals surface area (Å²) in [5.74, 6) is 0. The van der Waals surface area contributed by atoms with E-state index in [1.54, 1.807) is 0 Å². The molecule has 0 atom stereocenters. The first kappa shape index (κ1) is 16.2. The molecule has 0 saturated heterocycles. The Hall–Kier alpha value is -0.820. The number of hydrogen-bond donors (Lipinski definition) is 0. The third-order valence-electron chi connectivity index (χ3n) is 4.42. The zero-order valence-corrected chi connectivity index (χ0v) is 13.2. The molecule has 19 heavy (non-hydrogen) atoms. The van der Waals surface area contributed by atoms with Crippen molar-refractivity contribution in [3.63, 3.8) is 0 Å². The molecule has 0 radical (unpaired) electrons. The molecule has 0 heterocycles. The predicted octanol–water partition coefficient (Wildman–Crippen LogP) is 5.44. The van der Waals surface area contributed by atoms with Gasteiger partial charge in [0.1, 0.15) is 0 Å². The standard InChI is InChI=1S/C16H24O.C2H6/c1-4-5-6-14-12-16(11-13(14)2)9-7-15(17-3)8-10-16;1-2/h4-6,15H,2,7-12H2,1,3H3;1-2H3/b5-4-,14-6-;. The van der Waals surface area contributed by atoms with Crippen LogP contribution in [0.3, 0.4) is 0 Å². The Labute approximate surface area is 119 Å². The van der Waals surface area contributed by atoms with E-state index in [-0.39, 0.29) is 0 Å². The van der Waals surface area contributed by atoms with Gasteiger partial charge < -0.3 is 4.74 Å². The van der Waals surface area contributed by atoms with Crippen LogP contribution in [0.15, 0.2) is 36.0 Å². The van der Waals surface area contributed by atoms with Crippen LogP contribution < -0.4 is 0 Å². The summed E-state index contributed by atoms with van der Waals surface area (Å²) in [5.41, 5.74) is 3.34. The van der Waals surface area contributed by atoms with Gasteiger partial charge in [-0.3, -0.25) is 0 Å². The Kier molecular flexibility index (Phi) is 6.57. The Morgan fingerprint density at radius 2 is 1.84 bits per heavy atom. The van der Waals surface area contributed by atoms with Gasteiger partial charge in [0.25, 0.3) is 0 Å². The molecule has 0 aliphatic heterocycles. The fourth-order valence-electron chi connectivity index (χ4n) is 3.34. The second-order valence-electron chi connectivity index (χ2n) is 5.61. The maximum Gasteiger partial charge on any atom is 0.0571 e. The van der Waals surface area contributed by atoms with E-state index in [0.717, 1.165) is 0 Å². The van der Waals surface area contributed by atoms with E-state index in [1.165, 1.54) is 49.7 Å². The SMILES string of the molecule is C=C1CC2(CCC(OC)CC2)C/C1=C/C=C\C.CC. The van der Waals surface area contributed by atoms with Gasteiger partial charge in [-0.1, -0.05) is 44.2 Å². The van der Waals surface area contributed by atoms with Crippen LogP contribution in [0.25, 0.3) is 0 Å². The zero-order chi connectivity index (χ0) is 14.3. The molecule has 0 unspecified atom stereocenters. The van der Waals surface area contributed by atoms with E-state index in [2.05, 4.69) is 31.7 Å². The van der Waals surface area contributed by atoms with Gasteiger partial charge in [-0.05, 0) is 56.4 Å². The number of hydrogen-bond acceptors (Lipinski definition) is 1. The van der Waals surface area contributed by atoms with Crippen LogP contribution in [0.1, 0.15) is 59.3 Å². The Bertz CT molecular complexity index is 341. The Morgan fingerprint density at radius 3 is 2.37 bits per heavy atom. The van der Waals surface area contributed by atoms with Gasteiger partial charge in [0.2, 0.25) is 0 Å². The first-order valence-corrected chi connectivity index (χ1v) is 7.72. The average molecular weight is 262 g/mol. The molecule has 2 aliphatic rings. The summed E-state index contributed by atoms with van der Waals surface area (Å²) in [4.78, 5) is 0. The zero-order valence-electron chi connectivity index (χ0n) is 13.2. The molecule has 2 aliphatic carbocycles. The predicted molar refractivity (Wildman–Crippen MR) is 84.3 cm³/mol. The second kappa shape index (κ2) is 7.69. The van der Waals surface area contributed by atoms with Gasteiger partial charge in [0, 0.05) is 7.11 Å². The average Bonchev–Trinajstić information content (AvgIpc) is 2.76. The molecule has 0 aromatic carbocycles. The molecule has 108 valence electrons. The van der Waals surface area contributed by atoms with Crippen molar-refractivity contribution >= 4 is 0 Å². The topological polar surface area (TPSA) is 9.23 Å². The van der Waals surface area contributed by atoms with Gasteiger partial charge in [0.15, 0.2) is 0 Å². The van der Waals surface area contributed by atoms with E-state index in [4.69, 9.17) is 4.74 Å². The lowest BCUT2D eigenvalue weighted by Crippen LogP contribution is -2.28. The molecule has 2 rings (SSSR count). The van der Waals surface area contributed by atoms with Crippen LogP contribution >= 0.6 is 0 Å². The van der Waals surface area contributed by atoms with Crippen LogP contribution in [-0.4, -0.2) is 13.2 Å². The minimum Gasteiger partial charge on any atom is -0.381 e. The molecule has 1 heteroatoms. The van der Waals surface area contributed by atoms with E-state index < -0.39 is 0 Å². The van der Waals surface area contributed by atoms with Crippen LogP contribution in [-0.2, 0) is 4.74 Å². The highest BCUT2D eigenvalue weighted by atomic mass is 16.5. The minimum atomic E-state index is 0.498.